The minimum Gasteiger partial charge on any atom is -0.497 e. The minimum atomic E-state index is -0.201. The summed E-state index contributed by atoms with van der Waals surface area (Å²) in [6.07, 6.45) is 5.03. The first-order valence-electron chi connectivity index (χ1n) is 9.73. The van der Waals surface area contributed by atoms with Crippen LogP contribution in [0.25, 0.3) is 11.4 Å². The molecule has 0 saturated carbocycles. The quantitative estimate of drug-likeness (QED) is 0.673. The number of amides is 1. The van der Waals surface area contributed by atoms with Gasteiger partial charge in [0.1, 0.15) is 11.6 Å². The molecule has 1 aromatic heterocycles. The van der Waals surface area contributed by atoms with E-state index in [0.29, 0.717) is 30.0 Å². The molecule has 0 spiro atoms. The number of nitrogens with zero attached hydrogens (tertiary/aromatic N) is 2. The fourth-order valence-electron chi connectivity index (χ4n) is 3.79. The second kappa shape index (κ2) is 8.31. The number of nitrogens with one attached hydrogen (secondary N) is 1. The average Bonchev–Trinajstić information content (AvgIpc) is 3.33. The maximum atomic E-state index is 13.1. The number of carbonyl (C=O) groups excluding carboxylic acids is 2. The van der Waals surface area contributed by atoms with Gasteiger partial charge in [0.05, 0.1) is 7.11 Å². The van der Waals surface area contributed by atoms with Crippen LogP contribution < -0.4 is 4.74 Å². The highest BCUT2D eigenvalue weighted by molar-refractivity contribution is 6.00. The number of aromatic nitrogens is 2. The van der Waals surface area contributed by atoms with Gasteiger partial charge < -0.3 is 14.6 Å². The zero-order valence-corrected chi connectivity index (χ0v) is 16.3. The third-order valence-corrected chi connectivity index (χ3v) is 5.31. The number of piperidine rings is 1. The van der Waals surface area contributed by atoms with E-state index in [0.717, 1.165) is 24.2 Å². The van der Waals surface area contributed by atoms with Gasteiger partial charge in [-0.1, -0.05) is 24.3 Å². The van der Waals surface area contributed by atoms with Crippen molar-refractivity contribution in [3.05, 3.63) is 72.1 Å². The van der Waals surface area contributed by atoms with Crippen molar-refractivity contribution in [2.75, 3.05) is 20.2 Å². The van der Waals surface area contributed by atoms with E-state index in [9.17, 15) is 9.59 Å². The Labute approximate surface area is 169 Å². The topological polar surface area (TPSA) is 75.3 Å². The SMILES string of the molecule is COc1cccc(C(=O)[C@H]2CCCN(C(=O)c3cccc(-c4ncc[nH]4)c3)C2)c1. The molecule has 0 bridgehead atoms. The molecule has 1 aliphatic rings. The fourth-order valence-corrected chi connectivity index (χ4v) is 3.79. The number of H-pyrrole nitrogens is 1. The summed E-state index contributed by atoms with van der Waals surface area (Å²) in [5.74, 6) is 1.19. The van der Waals surface area contributed by atoms with Crippen LogP contribution in [0, 0.1) is 5.92 Å². The number of carbonyl (C=O) groups is 2. The number of likely N-dealkylation sites (tertiary alicyclic amines) is 1. The minimum absolute atomic E-state index is 0.0541. The van der Waals surface area contributed by atoms with Gasteiger partial charge in [0, 0.05) is 48.1 Å². The molecule has 2 heterocycles. The summed E-state index contributed by atoms with van der Waals surface area (Å²) in [6, 6.07) is 14.6. The molecular weight excluding hydrogens is 366 g/mol. The van der Waals surface area contributed by atoms with Crippen LogP contribution in [0.5, 0.6) is 5.75 Å². The number of Topliss-reactive ketones (excluding diaryl/α,β-unsaturated/α-hetero) is 1. The zero-order chi connectivity index (χ0) is 20.2. The highest BCUT2D eigenvalue weighted by Crippen LogP contribution is 2.25. The van der Waals surface area contributed by atoms with Crippen LogP contribution in [0.15, 0.2) is 60.9 Å². The highest BCUT2D eigenvalue weighted by atomic mass is 16.5. The largest absolute Gasteiger partial charge is 0.497 e. The number of rotatable bonds is 5. The molecule has 2 aromatic carbocycles. The Morgan fingerprint density at radius 1 is 1.14 bits per heavy atom. The molecule has 6 heteroatoms. The van der Waals surface area contributed by atoms with E-state index in [2.05, 4.69) is 9.97 Å². The van der Waals surface area contributed by atoms with Crippen LogP contribution in [-0.2, 0) is 0 Å². The highest BCUT2D eigenvalue weighted by Gasteiger charge is 2.29. The van der Waals surface area contributed by atoms with Gasteiger partial charge in [0.15, 0.2) is 5.78 Å². The molecule has 1 amide bonds. The Kier molecular flexibility index (Phi) is 5.42. The molecule has 0 unspecified atom stereocenters. The summed E-state index contributed by atoms with van der Waals surface area (Å²) < 4.78 is 5.23. The van der Waals surface area contributed by atoms with Gasteiger partial charge in [-0.15, -0.1) is 0 Å². The van der Waals surface area contributed by atoms with Crippen LogP contribution in [0.3, 0.4) is 0 Å². The molecular formula is C23H23N3O3. The molecule has 1 atom stereocenters. The molecule has 148 valence electrons. The number of hydrogen-bond donors (Lipinski definition) is 1. The van der Waals surface area contributed by atoms with Crippen molar-refractivity contribution in [3.8, 4) is 17.1 Å². The fraction of sp³-hybridized carbons (Fsp3) is 0.261. The number of ketones is 1. The molecule has 1 N–H and O–H groups in total. The number of imidazole rings is 1. The number of benzene rings is 2. The molecule has 4 rings (SSSR count). The molecule has 1 aliphatic heterocycles. The first-order valence-corrected chi connectivity index (χ1v) is 9.73. The van der Waals surface area contributed by atoms with Crippen molar-refractivity contribution in [2.45, 2.75) is 12.8 Å². The number of methoxy groups -OCH3 is 1. The number of hydrogen-bond acceptors (Lipinski definition) is 4. The van der Waals surface area contributed by atoms with Gasteiger partial charge >= 0.3 is 0 Å². The second-order valence-electron chi connectivity index (χ2n) is 7.21. The Balaban J connectivity index is 1.50. The Morgan fingerprint density at radius 2 is 1.97 bits per heavy atom. The summed E-state index contributed by atoms with van der Waals surface area (Å²) in [5.41, 5.74) is 2.10. The number of aromatic amines is 1. The second-order valence-corrected chi connectivity index (χ2v) is 7.21. The summed E-state index contributed by atoms with van der Waals surface area (Å²) in [6.45, 7) is 1.09. The number of ether oxygens (including phenoxy) is 1. The maximum Gasteiger partial charge on any atom is 0.253 e. The Morgan fingerprint density at radius 3 is 2.76 bits per heavy atom. The molecule has 1 fully saturated rings. The van der Waals surface area contributed by atoms with Crippen LogP contribution in [0.1, 0.15) is 33.6 Å². The van der Waals surface area contributed by atoms with E-state index in [1.807, 2.05) is 36.4 Å². The monoisotopic (exact) mass is 389 g/mol. The molecule has 1 saturated heterocycles. The lowest BCUT2D eigenvalue weighted by molar-refractivity contribution is 0.0637. The van der Waals surface area contributed by atoms with Crippen molar-refractivity contribution in [1.29, 1.82) is 0 Å². The standard InChI is InChI=1S/C23H23N3O3/c1-29-20-9-3-5-16(14-20)21(27)19-8-4-12-26(15-19)23(28)18-7-2-6-17(13-18)22-24-10-11-25-22/h2-3,5-7,9-11,13-14,19H,4,8,12,15H2,1H3,(H,24,25)/t19-/m0/s1. The van der Waals surface area contributed by atoms with E-state index in [-0.39, 0.29) is 17.6 Å². The predicted molar refractivity (Wildman–Crippen MR) is 110 cm³/mol. The summed E-state index contributed by atoms with van der Waals surface area (Å²) in [4.78, 5) is 35.2. The van der Waals surface area contributed by atoms with Crippen molar-refractivity contribution >= 4 is 11.7 Å². The van der Waals surface area contributed by atoms with E-state index in [4.69, 9.17) is 4.74 Å². The predicted octanol–water partition coefficient (Wildman–Crippen LogP) is 3.82. The van der Waals surface area contributed by atoms with Crippen molar-refractivity contribution in [2.24, 2.45) is 5.92 Å². The van der Waals surface area contributed by atoms with Gasteiger partial charge in [-0.05, 0) is 37.1 Å². The van der Waals surface area contributed by atoms with Gasteiger partial charge in [-0.25, -0.2) is 4.98 Å². The molecule has 0 aliphatic carbocycles. The molecule has 29 heavy (non-hydrogen) atoms. The molecule has 6 nitrogen and oxygen atoms in total. The molecule has 0 radical (unpaired) electrons. The first-order chi connectivity index (χ1) is 14.2. The third-order valence-electron chi connectivity index (χ3n) is 5.31. The van der Waals surface area contributed by atoms with Crippen LogP contribution in [0.2, 0.25) is 0 Å². The van der Waals surface area contributed by atoms with E-state index in [1.165, 1.54) is 0 Å². The van der Waals surface area contributed by atoms with Crippen LogP contribution in [-0.4, -0.2) is 46.8 Å². The van der Waals surface area contributed by atoms with E-state index >= 15 is 0 Å². The van der Waals surface area contributed by atoms with E-state index < -0.39 is 0 Å². The molecule has 3 aromatic rings. The summed E-state index contributed by atoms with van der Waals surface area (Å²) in [5, 5.41) is 0. The van der Waals surface area contributed by atoms with Crippen molar-refractivity contribution in [3.63, 3.8) is 0 Å². The van der Waals surface area contributed by atoms with Crippen molar-refractivity contribution < 1.29 is 14.3 Å². The first kappa shape index (κ1) is 18.9. The summed E-state index contributed by atoms with van der Waals surface area (Å²) >= 11 is 0. The lowest BCUT2D eigenvalue weighted by Gasteiger charge is -2.32. The lowest BCUT2D eigenvalue weighted by Crippen LogP contribution is -2.42. The third kappa shape index (κ3) is 4.06. The lowest BCUT2D eigenvalue weighted by atomic mass is 9.89. The smallest absolute Gasteiger partial charge is 0.253 e. The van der Waals surface area contributed by atoms with Gasteiger partial charge in [0.25, 0.3) is 5.91 Å². The average molecular weight is 389 g/mol. The van der Waals surface area contributed by atoms with Gasteiger partial charge in [-0.3, -0.25) is 9.59 Å². The Hall–Kier alpha value is -3.41. The van der Waals surface area contributed by atoms with Crippen LogP contribution >= 0.6 is 0 Å². The van der Waals surface area contributed by atoms with Gasteiger partial charge in [-0.2, -0.15) is 0 Å². The summed E-state index contributed by atoms with van der Waals surface area (Å²) in [7, 11) is 1.58. The maximum absolute atomic E-state index is 13.1. The normalized spacial score (nSPS) is 16.4. The Bertz CT molecular complexity index is 1010. The zero-order valence-electron chi connectivity index (χ0n) is 16.3. The van der Waals surface area contributed by atoms with E-state index in [1.54, 1.807) is 36.5 Å². The van der Waals surface area contributed by atoms with Crippen molar-refractivity contribution in [1.82, 2.24) is 14.9 Å². The van der Waals surface area contributed by atoms with Crippen LogP contribution in [0.4, 0.5) is 0 Å². The van der Waals surface area contributed by atoms with Gasteiger partial charge in [0.2, 0.25) is 0 Å².